The van der Waals surface area contributed by atoms with E-state index < -0.39 is 0 Å². The van der Waals surface area contributed by atoms with E-state index in [0.717, 1.165) is 33.7 Å². The normalized spacial score (nSPS) is 10.3. The van der Waals surface area contributed by atoms with Gasteiger partial charge < -0.3 is 10.1 Å². The van der Waals surface area contributed by atoms with Crippen molar-refractivity contribution in [3.8, 4) is 11.6 Å². The number of rotatable bonds is 5. The zero-order chi connectivity index (χ0) is 13.7. The van der Waals surface area contributed by atoms with Gasteiger partial charge in [0.2, 0.25) is 5.88 Å². The molecule has 0 amide bonds. The lowest BCUT2D eigenvalue weighted by atomic mass is 10.3. The number of anilines is 1. The van der Waals surface area contributed by atoms with Crippen LogP contribution in [0.1, 0.15) is 18.9 Å². The largest absolute Gasteiger partial charge is 0.437 e. The lowest BCUT2D eigenvalue weighted by Crippen LogP contribution is -2.05. The van der Waals surface area contributed by atoms with Crippen molar-refractivity contribution >= 4 is 28.4 Å². The fourth-order valence-corrected chi connectivity index (χ4v) is 2.09. The predicted octanol–water partition coefficient (Wildman–Crippen LogP) is 4.00. The van der Waals surface area contributed by atoms with Gasteiger partial charge in [-0.2, -0.15) is 0 Å². The lowest BCUT2D eigenvalue weighted by Gasteiger charge is -2.12. The molecule has 0 aliphatic carbocycles. The van der Waals surface area contributed by atoms with Crippen molar-refractivity contribution < 1.29 is 4.74 Å². The lowest BCUT2D eigenvalue weighted by molar-refractivity contribution is 0.454. The van der Waals surface area contributed by atoms with E-state index in [9.17, 15) is 0 Å². The molecule has 2 aromatic rings. The van der Waals surface area contributed by atoms with E-state index in [4.69, 9.17) is 4.74 Å². The summed E-state index contributed by atoms with van der Waals surface area (Å²) in [7, 11) is 0. The topological polar surface area (TPSA) is 47.0 Å². The molecule has 0 bridgehead atoms. The van der Waals surface area contributed by atoms with Gasteiger partial charge in [-0.1, -0.05) is 19.1 Å². The first-order valence-corrected chi connectivity index (χ1v) is 7.28. The van der Waals surface area contributed by atoms with Gasteiger partial charge in [-0.3, -0.25) is 0 Å². The molecule has 0 unspecified atom stereocenters. The van der Waals surface area contributed by atoms with Crippen LogP contribution in [0.15, 0.2) is 30.6 Å². The molecular formula is C14H16IN3O. The molecule has 0 aliphatic heterocycles. The van der Waals surface area contributed by atoms with Crippen LogP contribution >= 0.6 is 22.6 Å². The highest BCUT2D eigenvalue weighted by atomic mass is 127. The Balaban J connectivity index is 2.23. The SMILES string of the molecule is CCCNc1ncnc(Oc2ccccc2I)c1C. The summed E-state index contributed by atoms with van der Waals surface area (Å²) in [5.74, 6) is 2.24. The molecule has 1 N–H and O–H groups in total. The van der Waals surface area contributed by atoms with Crippen molar-refractivity contribution in [1.29, 1.82) is 0 Å². The Morgan fingerprint density at radius 3 is 2.79 bits per heavy atom. The van der Waals surface area contributed by atoms with E-state index in [1.165, 1.54) is 6.33 Å². The van der Waals surface area contributed by atoms with E-state index in [1.54, 1.807) is 0 Å². The molecule has 0 spiro atoms. The fourth-order valence-electron chi connectivity index (χ4n) is 1.59. The third-order valence-electron chi connectivity index (χ3n) is 2.62. The van der Waals surface area contributed by atoms with E-state index in [-0.39, 0.29) is 0 Å². The zero-order valence-corrected chi connectivity index (χ0v) is 13.1. The zero-order valence-electron chi connectivity index (χ0n) is 11.0. The van der Waals surface area contributed by atoms with Crippen molar-refractivity contribution in [2.75, 3.05) is 11.9 Å². The number of nitrogens with one attached hydrogen (secondary N) is 1. The average molecular weight is 369 g/mol. The molecule has 100 valence electrons. The number of nitrogens with zero attached hydrogens (tertiary/aromatic N) is 2. The average Bonchev–Trinajstić information content (AvgIpc) is 2.42. The summed E-state index contributed by atoms with van der Waals surface area (Å²) in [6.45, 7) is 4.97. The van der Waals surface area contributed by atoms with Gasteiger partial charge >= 0.3 is 0 Å². The van der Waals surface area contributed by atoms with Crippen LogP contribution in [0.3, 0.4) is 0 Å². The number of halogens is 1. The second kappa shape index (κ2) is 6.70. The third-order valence-corrected chi connectivity index (χ3v) is 3.51. The van der Waals surface area contributed by atoms with Gasteiger partial charge in [-0.05, 0) is 48.1 Å². The van der Waals surface area contributed by atoms with Crippen molar-refractivity contribution in [2.45, 2.75) is 20.3 Å². The van der Waals surface area contributed by atoms with Crippen LogP contribution in [0.4, 0.5) is 5.82 Å². The van der Waals surface area contributed by atoms with Crippen LogP contribution in [0, 0.1) is 10.5 Å². The van der Waals surface area contributed by atoms with Crippen LogP contribution in [-0.4, -0.2) is 16.5 Å². The Morgan fingerprint density at radius 1 is 1.26 bits per heavy atom. The highest BCUT2D eigenvalue weighted by Gasteiger charge is 2.10. The molecule has 0 radical (unpaired) electrons. The van der Waals surface area contributed by atoms with Gasteiger partial charge in [-0.25, -0.2) is 9.97 Å². The second-order valence-corrected chi connectivity index (χ2v) is 5.27. The molecule has 4 nitrogen and oxygen atoms in total. The van der Waals surface area contributed by atoms with Crippen molar-refractivity contribution in [1.82, 2.24) is 9.97 Å². The number of hydrogen-bond donors (Lipinski definition) is 1. The fraction of sp³-hybridized carbons (Fsp3) is 0.286. The second-order valence-electron chi connectivity index (χ2n) is 4.11. The van der Waals surface area contributed by atoms with Gasteiger partial charge in [0.05, 0.1) is 9.13 Å². The highest BCUT2D eigenvalue weighted by molar-refractivity contribution is 14.1. The molecule has 0 saturated carbocycles. The molecule has 5 heteroatoms. The monoisotopic (exact) mass is 369 g/mol. The van der Waals surface area contributed by atoms with Gasteiger partial charge in [0.25, 0.3) is 0 Å². The Kier molecular flexibility index (Phi) is 4.95. The number of para-hydroxylation sites is 1. The van der Waals surface area contributed by atoms with Crippen molar-refractivity contribution in [2.24, 2.45) is 0 Å². The third kappa shape index (κ3) is 3.56. The van der Waals surface area contributed by atoms with E-state index in [1.807, 2.05) is 31.2 Å². The van der Waals surface area contributed by atoms with Crippen LogP contribution in [0.2, 0.25) is 0 Å². The molecule has 19 heavy (non-hydrogen) atoms. The van der Waals surface area contributed by atoms with Gasteiger partial charge in [-0.15, -0.1) is 0 Å². The Hall–Kier alpha value is -1.37. The summed E-state index contributed by atoms with van der Waals surface area (Å²) in [5.41, 5.74) is 0.926. The first-order chi connectivity index (χ1) is 9.22. The molecule has 1 aromatic carbocycles. The molecule has 0 saturated heterocycles. The summed E-state index contributed by atoms with van der Waals surface area (Å²) in [5, 5.41) is 3.27. The standard InChI is InChI=1S/C14H16IN3O/c1-3-8-16-13-10(2)14(18-9-17-13)19-12-7-5-4-6-11(12)15/h4-7,9H,3,8H2,1-2H3,(H,16,17,18). The Labute approximate surface area is 126 Å². The molecular weight excluding hydrogens is 353 g/mol. The maximum Gasteiger partial charge on any atom is 0.227 e. The summed E-state index contributed by atoms with van der Waals surface area (Å²) in [6.07, 6.45) is 2.58. The maximum atomic E-state index is 5.86. The van der Waals surface area contributed by atoms with Crippen LogP contribution in [-0.2, 0) is 0 Å². The Bertz CT molecular complexity index is 560. The van der Waals surface area contributed by atoms with Gasteiger partial charge in [0.1, 0.15) is 17.9 Å². The van der Waals surface area contributed by atoms with Crippen molar-refractivity contribution in [3.05, 3.63) is 39.7 Å². The van der Waals surface area contributed by atoms with Gasteiger partial charge in [0.15, 0.2) is 0 Å². The summed E-state index contributed by atoms with van der Waals surface area (Å²) < 4.78 is 6.92. The van der Waals surface area contributed by atoms with Crippen LogP contribution < -0.4 is 10.1 Å². The molecule has 1 aromatic heterocycles. The summed E-state index contributed by atoms with van der Waals surface area (Å²) in [6, 6.07) is 7.87. The number of hydrogen-bond acceptors (Lipinski definition) is 4. The molecule has 0 aliphatic rings. The number of aromatic nitrogens is 2. The smallest absolute Gasteiger partial charge is 0.227 e. The minimum Gasteiger partial charge on any atom is -0.437 e. The van der Waals surface area contributed by atoms with E-state index in [2.05, 4.69) is 44.8 Å². The first-order valence-electron chi connectivity index (χ1n) is 6.20. The maximum absolute atomic E-state index is 5.86. The van der Waals surface area contributed by atoms with E-state index in [0.29, 0.717) is 5.88 Å². The van der Waals surface area contributed by atoms with Crippen LogP contribution in [0.25, 0.3) is 0 Å². The Morgan fingerprint density at radius 2 is 2.05 bits per heavy atom. The molecule has 0 atom stereocenters. The molecule has 2 rings (SSSR count). The molecule has 1 heterocycles. The number of ether oxygens (including phenoxy) is 1. The van der Waals surface area contributed by atoms with E-state index >= 15 is 0 Å². The molecule has 0 fully saturated rings. The minimum absolute atomic E-state index is 0.595. The minimum atomic E-state index is 0.595. The number of benzene rings is 1. The summed E-state index contributed by atoms with van der Waals surface area (Å²) >= 11 is 2.25. The van der Waals surface area contributed by atoms with Gasteiger partial charge in [0, 0.05) is 6.54 Å². The van der Waals surface area contributed by atoms with Crippen LogP contribution in [0.5, 0.6) is 11.6 Å². The quantitative estimate of drug-likeness (QED) is 0.810. The first kappa shape index (κ1) is 14.0. The highest BCUT2D eigenvalue weighted by Crippen LogP contribution is 2.29. The predicted molar refractivity (Wildman–Crippen MR) is 84.8 cm³/mol. The summed E-state index contributed by atoms with van der Waals surface area (Å²) in [4.78, 5) is 8.44. The van der Waals surface area contributed by atoms with Crippen molar-refractivity contribution in [3.63, 3.8) is 0 Å².